The highest BCUT2D eigenvalue weighted by Crippen LogP contribution is 2.19. The summed E-state index contributed by atoms with van der Waals surface area (Å²) in [6.45, 7) is 0. The predicted molar refractivity (Wildman–Crippen MR) is 127 cm³/mol. The van der Waals surface area contributed by atoms with Crippen LogP contribution in [-0.2, 0) is 0 Å². The summed E-state index contributed by atoms with van der Waals surface area (Å²) in [5.41, 5.74) is 0.451. The van der Waals surface area contributed by atoms with E-state index in [2.05, 4.69) is 10.6 Å². The molecule has 2 aromatic heterocycles. The number of hydrogen-bond acceptors (Lipinski definition) is 6. The lowest BCUT2D eigenvalue weighted by molar-refractivity contribution is 0.0995. The molecule has 34 heavy (non-hydrogen) atoms. The summed E-state index contributed by atoms with van der Waals surface area (Å²) >= 11 is 0. The summed E-state index contributed by atoms with van der Waals surface area (Å²) < 4.78 is 10.9. The summed E-state index contributed by atoms with van der Waals surface area (Å²) in [6.07, 6.45) is 1.12. The average molecular weight is 452 g/mol. The van der Waals surface area contributed by atoms with E-state index in [9.17, 15) is 19.2 Å². The van der Waals surface area contributed by atoms with E-state index in [1.807, 2.05) is 0 Å². The van der Waals surface area contributed by atoms with Crippen molar-refractivity contribution in [2.75, 3.05) is 10.6 Å². The Hall–Kier alpha value is -4.98. The van der Waals surface area contributed by atoms with E-state index in [1.165, 1.54) is 6.07 Å². The van der Waals surface area contributed by atoms with Gasteiger partial charge in [0.15, 0.2) is 11.2 Å². The standard InChI is InChI=1S/C26H16N2O6/c29-20-13-23(34-22-11-4-1-8-17(20)22)26(32)28-16-7-5-6-15(12-16)27-25(31)19-14-33-21-10-3-2-9-18(21)24(19)30/h1-14H,(H,27,31)(H,28,32). The van der Waals surface area contributed by atoms with Crippen molar-refractivity contribution >= 4 is 45.1 Å². The summed E-state index contributed by atoms with van der Waals surface area (Å²) in [5, 5.41) is 5.94. The molecule has 8 heteroatoms. The van der Waals surface area contributed by atoms with Gasteiger partial charge in [-0.25, -0.2) is 0 Å². The first-order chi connectivity index (χ1) is 16.5. The van der Waals surface area contributed by atoms with Gasteiger partial charge >= 0.3 is 0 Å². The van der Waals surface area contributed by atoms with Gasteiger partial charge in [0, 0.05) is 17.4 Å². The molecule has 8 nitrogen and oxygen atoms in total. The zero-order valence-electron chi connectivity index (χ0n) is 17.5. The van der Waals surface area contributed by atoms with Crippen LogP contribution in [0.3, 0.4) is 0 Å². The molecule has 0 unspecified atom stereocenters. The number of rotatable bonds is 4. The van der Waals surface area contributed by atoms with Crippen LogP contribution in [0.15, 0.2) is 104 Å². The minimum atomic E-state index is -0.650. The second kappa shape index (κ2) is 8.51. The lowest BCUT2D eigenvalue weighted by Crippen LogP contribution is -2.21. The Labute approximate surface area is 191 Å². The molecule has 0 saturated heterocycles. The minimum Gasteiger partial charge on any atom is -0.463 e. The average Bonchev–Trinajstić information content (AvgIpc) is 2.84. The van der Waals surface area contributed by atoms with Crippen molar-refractivity contribution in [3.05, 3.63) is 117 Å². The largest absolute Gasteiger partial charge is 0.463 e. The van der Waals surface area contributed by atoms with Crippen LogP contribution in [0.2, 0.25) is 0 Å². The van der Waals surface area contributed by atoms with Crippen molar-refractivity contribution in [2.24, 2.45) is 0 Å². The Morgan fingerprint density at radius 3 is 2.09 bits per heavy atom. The van der Waals surface area contributed by atoms with Gasteiger partial charge in [0.05, 0.1) is 10.8 Å². The number of carbonyl (C=O) groups excluding carboxylic acids is 2. The molecule has 2 N–H and O–H groups in total. The Balaban J connectivity index is 1.36. The Bertz CT molecular complexity index is 1700. The van der Waals surface area contributed by atoms with Crippen molar-refractivity contribution in [2.45, 2.75) is 0 Å². The number of nitrogens with one attached hydrogen (secondary N) is 2. The number of benzene rings is 3. The van der Waals surface area contributed by atoms with E-state index in [-0.39, 0.29) is 16.8 Å². The van der Waals surface area contributed by atoms with Crippen molar-refractivity contribution in [3.8, 4) is 0 Å². The number of hydrogen-bond donors (Lipinski definition) is 2. The van der Waals surface area contributed by atoms with Crippen LogP contribution < -0.4 is 21.5 Å². The van der Waals surface area contributed by atoms with Crippen LogP contribution in [0.1, 0.15) is 20.9 Å². The molecule has 3 aromatic carbocycles. The van der Waals surface area contributed by atoms with Gasteiger partial charge in [0.25, 0.3) is 11.8 Å². The quantitative estimate of drug-likeness (QED) is 0.417. The van der Waals surface area contributed by atoms with E-state index < -0.39 is 17.2 Å². The summed E-state index contributed by atoms with van der Waals surface area (Å²) in [7, 11) is 0. The van der Waals surface area contributed by atoms with Gasteiger partial charge in [0.1, 0.15) is 23.0 Å². The normalized spacial score (nSPS) is 10.8. The molecule has 2 heterocycles. The van der Waals surface area contributed by atoms with E-state index in [0.29, 0.717) is 33.3 Å². The van der Waals surface area contributed by atoms with E-state index >= 15 is 0 Å². The van der Waals surface area contributed by atoms with Crippen LogP contribution in [0, 0.1) is 0 Å². The molecule has 0 atom stereocenters. The van der Waals surface area contributed by atoms with Crippen LogP contribution >= 0.6 is 0 Å². The molecular weight excluding hydrogens is 436 g/mol. The van der Waals surface area contributed by atoms with Gasteiger partial charge in [-0.3, -0.25) is 19.2 Å². The van der Waals surface area contributed by atoms with Crippen LogP contribution in [0.25, 0.3) is 21.9 Å². The zero-order chi connectivity index (χ0) is 23.7. The first-order valence-corrected chi connectivity index (χ1v) is 10.3. The van der Waals surface area contributed by atoms with Crippen LogP contribution in [0.5, 0.6) is 0 Å². The summed E-state index contributed by atoms with van der Waals surface area (Å²) in [4.78, 5) is 50.2. The molecule has 166 valence electrons. The maximum atomic E-state index is 12.7. The highest BCUT2D eigenvalue weighted by molar-refractivity contribution is 6.06. The number of para-hydroxylation sites is 2. The van der Waals surface area contributed by atoms with Gasteiger partial charge < -0.3 is 19.5 Å². The lowest BCUT2D eigenvalue weighted by Gasteiger charge is -2.09. The molecule has 5 aromatic rings. The molecule has 0 radical (unpaired) electrons. The van der Waals surface area contributed by atoms with Gasteiger partial charge in [0.2, 0.25) is 5.43 Å². The molecular formula is C26H16N2O6. The van der Waals surface area contributed by atoms with Crippen LogP contribution in [0.4, 0.5) is 11.4 Å². The first-order valence-electron chi connectivity index (χ1n) is 10.3. The number of fused-ring (bicyclic) bond motifs is 2. The molecule has 0 fully saturated rings. The third-order valence-corrected chi connectivity index (χ3v) is 5.16. The Morgan fingerprint density at radius 2 is 1.32 bits per heavy atom. The van der Waals surface area contributed by atoms with E-state index in [0.717, 1.165) is 12.3 Å². The first kappa shape index (κ1) is 20.9. The molecule has 0 bridgehead atoms. The SMILES string of the molecule is O=C(Nc1cccc(NC(=O)c2coc3ccccc3c2=O)c1)c1cc(=O)c2ccccc2o1. The lowest BCUT2D eigenvalue weighted by atomic mass is 10.1. The Morgan fingerprint density at radius 1 is 0.676 bits per heavy atom. The fraction of sp³-hybridized carbons (Fsp3) is 0. The highest BCUT2D eigenvalue weighted by atomic mass is 16.3. The molecule has 0 saturated carbocycles. The molecule has 0 spiro atoms. The van der Waals surface area contributed by atoms with Crippen molar-refractivity contribution in [1.82, 2.24) is 0 Å². The molecule has 5 rings (SSSR count). The topological polar surface area (TPSA) is 119 Å². The van der Waals surface area contributed by atoms with Crippen molar-refractivity contribution in [3.63, 3.8) is 0 Å². The zero-order valence-corrected chi connectivity index (χ0v) is 17.5. The van der Waals surface area contributed by atoms with Gasteiger partial charge in [-0.2, -0.15) is 0 Å². The van der Waals surface area contributed by atoms with Crippen LogP contribution in [-0.4, -0.2) is 11.8 Å². The molecule has 0 aliphatic rings. The maximum Gasteiger partial charge on any atom is 0.291 e. The van der Waals surface area contributed by atoms with E-state index in [4.69, 9.17) is 8.83 Å². The smallest absolute Gasteiger partial charge is 0.291 e. The van der Waals surface area contributed by atoms with Crippen molar-refractivity contribution < 1.29 is 18.4 Å². The number of amides is 2. The third-order valence-electron chi connectivity index (χ3n) is 5.16. The highest BCUT2D eigenvalue weighted by Gasteiger charge is 2.16. The molecule has 0 aliphatic carbocycles. The fourth-order valence-electron chi connectivity index (χ4n) is 3.52. The van der Waals surface area contributed by atoms with E-state index in [1.54, 1.807) is 66.7 Å². The van der Waals surface area contributed by atoms with Crippen molar-refractivity contribution in [1.29, 1.82) is 0 Å². The monoisotopic (exact) mass is 452 g/mol. The van der Waals surface area contributed by atoms with Gasteiger partial charge in [-0.15, -0.1) is 0 Å². The minimum absolute atomic E-state index is 0.146. The summed E-state index contributed by atoms with van der Waals surface area (Å²) in [6, 6.07) is 20.7. The third kappa shape index (κ3) is 3.95. The number of carbonyl (C=O) groups is 2. The van der Waals surface area contributed by atoms with Gasteiger partial charge in [-0.1, -0.05) is 30.3 Å². The molecule has 2 amide bonds. The summed E-state index contributed by atoms with van der Waals surface area (Å²) in [5.74, 6) is -1.42. The fourth-order valence-corrected chi connectivity index (χ4v) is 3.52. The Kier molecular flexibility index (Phi) is 5.23. The second-order valence-electron chi connectivity index (χ2n) is 7.43. The predicted octanol–water partition coefficient (Wildman–Crippen LogP) is 4.40. The maximum absolute atomic E-state index is 12.7. The van der Waals surface area contributed by atoms with Gasteiger partial charge in [-0.05, 0) is 42.5 Å². The second-order valence-corrected chi connectivity index (χ2v) is 7.43. The molecule has 0 aliphatic heterocycles. The number of anilines is 2.